The smallest absolute Gasteiger partial charge is 0.321 e. The minimum absolute atomic E-state index is 0.0273. The van der Waals surface area contributed by atoms with Crippen LogP contribution in [-0.2, 0) is 27.8 Å². The Kier molecular flexibility index (Phi) is 13.5. The number of aliphatic hydroxyl groups excluding tert-OH is 1. The van der Waals surface area contributed by atoms with Crippen molar-refractivity contribution in [3.8, 4) is 0 Å². The summed E-state index contributed by atoms with van der Waals surface area (Å²) < 4.78 is 29.0. The third kappa shape index (κ3) is 9.67. The number of pyridine rings is 1. The van der Waals surface area contributed by atoms with Gasteiger partial charge in [0, 0.05) is 45.1 Å². The van der Waals surface area contributed by atoms with E-state index in [1.54, 1.807) is 22.2 Å². The summed E-state index contributed by atoms with van der Waals surface area (Å²) in [6, 6.07) is 15.3. The number of carbonyl (C=O) groups excluding carboxylic acids is 2. The molecular weight excluding hydrogens is 657 g/mol. The van der Waals surface area contributed by atoms with Gasteiger partial charge >= 0.3 is 6.03 Å². The molecule has 270 valence electrons. The maximum absolute atomic E-state index is 14.3. The Morgan fingerprint density at radius 2 is 1.76 bits per heavy atom. The van der Waals surface area contributed by atoms with E-state index in [0.717, 1.165) is 16.7 Å². The van der Waals surface area contributed by atoms with Gasteiger partial charge in [-0.15, -0.1) is 0 Å². The Labute approximate surface area is 295 Å². The molecule has 1 aromatic heterocycles. The Bertz CT molecular complexity index is 1700. The number of aryl methyl sites for hydroxylation is 1. The second-order valence-corrected chi connectivity index (χ2v) is 15.4. The molecule has 50 heavy (non-hydrogen) atoms. The van der Waals surface area contributed by atoms with Crippen LogP contribution in [0.25, 0.3) is 0 Å². The number of oxime groups is 1. The molecule has 0 spiro atoms. The fourth-order valence-corrected chi connectivity index (χ4v) is 7.80. The summed E-state index contributed by atoms with van der Waals surface area (Å²) in [5, 5.41) is 26.7. The molecule has 12 nitrogen and oxygen atoms in total. The lowest BCUT2D eigenvalue weighted by molar-refractivity contribution is -0.128. The molecule has 3 N–H and O–H groups in total. The fourth-order valence-electron chi connectivity index (χ4n) is 6.18. The van der Waals surface area contributed by atoms with Crippen molar-refractivity contribution >= 4 is 28.2 Å². The molecule has 0 aliphatic carbocycles. The summed E-state index contributed by atoms with van der Waals surface area (Å²) >= 11 is 0. The van der Waals surface area contributed by atoms with Crippen LogP contribution < -0.4 is 5.32 Å². The van der Waals surface area contributed by atoms with Crippen molar-refractivity contribution < 1.29 is 28.3 Å². The first-order valence-electron chi connectivity index (χ1n) is 17.1. The summed E-state index contributed by atoms with van der Waals surface area (Å²) in [6.07, 6.45) is 4.26. The Morgan fingerprint density at radius 1 is 1.06 bits per heavy atom. The van der Waals surface area contributed by atoms with Gasteiger partial charge in [-0.2, -0.15) is 4.31 Å². The van der Waals surface area contributed by atoms with Crippen LogP contribution in [0, 0.1) is 18.8 Å². The predicted molar refractivity (Wildman–Crippen MR) is 192 cm³/mol. The van der Waals surface area contributed by atoms with Crippen LogP contribution in [0.5, 0.6) is 0 Å². The van der Waals surface area contributed by atoms with Crippen LogP contribution in [0.1, 0.15) is 56.4 Å². The molecule has 0 bridgehead atoms. The zero-order valence-corrected chi connectivity index (χ0v) is 30.3. The lowest BCUT2D eigenvalue weighted by Crippen LogP contribution is -2.57. The van der Waals surface area contributed by atoms with Crippen molar-refractivity contribution in [2.24, 2.45) is 17.0 Å². The van der Waals surface area contributed by atoms with Crippen molar-refractivity contribution in [1.29, 1.82) is 0 Å². The summed E-state index contributed by atoms with van der Waals surface area (Å²) in [6.45, 7) is 10.7. The highest BCUT2D eigenvalue weighted by Gasteiger charge is 2.41. The number of amides is 3. The molecule has 0 unspecified atom stereocenters. The number of benzene rings is 2. The molecule has 1 aliphatic heterocycles. The molecule has 4 atom stereocenters. The highest BCUT2D eigenvalue weighted by molar-refractivity contribution is 7.89. The first-order chi connectivity index (χ1) is 23.8. The lowest BCUT2D eigenvalue weighted by Gasteiger charge is -2.35. The number of aromatic nitrogens is 1. The van der Waals surface area contributed by atoms with Gasteiger partial charge in [0.25, 0.3) is 0 Å². The van der Waals surface area contributed by atoms with E-state index in [1.165, 1.54) is 34.8 Å². The number of nitrogens with one attached hydrogen (secondary N) is 1. The summed E-state index contributed by atoms with van der Waals surface area (Å²) in [7, 11) is -4.06. The normalized spacial score (nSPS) is 16.3. The molecule has 1 aliphatic rings. The largest absolute Gasteiger partial charge is 0.411 e. The molecular formula is C37H50N6O6S. The predicted octanol–water partition coefficient (Wildman–Crippen LogP) is 4.29. The maximum atomic E-state index is 14.3. The van der Waals surface area contributed by atoms with E-state index in [4.69, 9.17) is 5.21 Å². The summed E-state index contributed by atoms with van der Waals surface area (Å²) in [5.74, 6) is -0.647. The number of sulfonamides is 1. The number of nitrogens with zero attached hydrogens (tertiary/aromatic N) is 5. The number of rotatable bonds is 17. The van der Waals surface area contributed by atoms with Crippen molar-refractivity contribution in [3.05, 3.63) is 95.3 Å². The van der Waals surface area contributed by atoms with Gasteiger partial charge < -0.3 is 25.4 Å². The maximum Gasteiger partial charge on any atom is 0.321 e. The van der Waals surface area contributed by atoms with Crippen molar-refractivity contribution in [3.63, 3.8) is 0 Å². The van der Waals surface area contributed by atoms with Crippen LogP contribution in [-0.4, -0.2) is 100 Å². The van der Waals surface area contributed by atoms with Crippen molar-refractivity contribution in [1.82, 2.24) is 24.4 Å². The van der Waals surface area contributed by atoms with Crippen LogP contribution in [0.2, 0.25) is 0 Å². The molecule has 13 heteroatoms. The highest BCUT2D eigenvalue weighted by atomic mass is 32.2. The third-order valence-electron chi connectivity index (χ3n) is 9.20. The zero-order chi connectivity index (χ0) is 36.4. The molecule has 0 saturated carbocycles. The first kappa shape index (κ1) is 38.5. The van der Waals surface area contributed by atoms with Crippen LogP contribution in [0.4, 0.5) is 4.79 Å². The average molecular weight is 707 g/mol. The Hall–Kier alpha value is -4.33. The van der Waals surface area contributed by atoms with E-state index in [9.17, 15) is 23.1 Å². The number of hydrogen-bond donors (Lipinski definition) is 3. The van der Waals surface area contributed by atoms with Gasteiger partial charge in [-0.1, -0.05) is 81.7 Å². The van der Waals surface area contributed by atoms with Gasteiger partial charge in [-0.05, 0) is 65.6 Å². The first-order valence-corrected chi connectivity index (χ1v) is 18.5. The summed E-state index contributed by atoms with van der Waals surface area (Å²) in [4.78, 5) is 35.6. The number of carbonyl (C=O) groups is 2. The van der Waals surface area contributed by atoms with Crippen LogP contribution >= 0.6 is 0 Å². The number of urea groups is 1. The minimum Gasteiger partial charge on any atom is -0.411 e. The van der Waals surface area contributed by atoms with Crippen LogP contribution in [0.15, 0.2) is 83.1 Å². The van der Waals surface area contributed by atoms with Gasteiger partial charge in [0.2, 0.25) is 15.9 Å². The topological polar surface area (TPSA) is 156 Å². The molecule has 0 radical (unpaired) electrons. The van der Waals surface area contributed by atoms with E-state index < -0.39 is 34.1 Å². The van der Waals surface area contributed by atoms with E-state index >= 15 is 0 Å². The Balaban J connectivity index is 1.59. The lowest BCUT2D eigenvalue weighted by atomic mass is 9.95. The summed E-state index contributed by atoms with van der Waals surface area (Å²) in [5.41, 5.74) is 3.35. The van der Waals surface area contributed by atoms with Gasteiger partial charge in [-0.25, -0.2) is 13.2 Å². The van der Waals surface area contributed by atoms with Crippen LogP contribution in [0.3, 0.4) is 0 Å². The molecule has 2 aromatic carbocycles. The molecule has 1 saturated heterocycles. The zero-order valence-electron chi connectivity index (χ0n) is 29.5. The molecule has 1 fully saturated rings. The van der Waals surface area contributed by atoms with Crippen molar-refractivity contribution in [2.45, 2.75) is 77.1 Å². The van der Waals surface area contributed by atoms with Gasteiger partial charge in [0.15, 0.2) is 0 Å². The minimum atomic E-state index is -4.06. The van der Waals surface area contributed by atoms with Gasteiger partial charge in [0.1, 0.15) is 6.04 Å². The van der Waals surface area contributed by atoms with E-state index in [2.05, 4.69) is 15.5 Å². The van der Waals surface area contributed by atoms with E-state index in [0.29, 0.717) is 31.6 Å². The monoisotopic (exact) mass is 706 g/mol. The SMILES string of the molecule is CC[C@H](C)[C@@H](C(=O)N[C@@H](Cc1ccccc1)[C@@H](O)CN(CC(C)C)S(=O)(=O)c1ccc(C=NO)cc1)N1CCN(Cc2cnccc2C)C1=O. The van der Waals surface area contributed by atoms with E-state index in [1.807, 2.05) is 71.0 Å². The number of hydrogen-bond acceptors (Lipinski definition) is 8. The third-order valence-corrected chi connectivity index (χ3v) is 11.0. The highest BCUT2D eigenvalue weighted by Crippen LogP contribution is 2.24. The fraction of sp³-hybridized carbons (Fsp3) is 0.459. The Morgan fingerprint density at radius 3 is 2.38 bits per heavy atom. The average Bonchev–Trinajstić information content (AvgIpc) is 3.44. The van der Waals surface area contributed by atoms with Gasteiger partial charge in [-0.3, -0.25) is 9.78 Å². The molecule has 3 aromatic rings. The molecule has 3 amide bonds. The number of aliphatic hydroxyl groups is 1. The quantitative estimate of drug-likeness (QED) is 0.108. The molecule has 2 heterocycles. The van der Waals surface area contributed by atoms with Crippen molar-refractivity contribution in [2.75, 3.05) is 26.2 Å². The second kappa shape index (κ2) is 17.6. The van der Waals surface area contributed by atoms with E-state index in [-0.39, 0.29) is 42.3 Å². The van der Waals surface area contributed by atoms with Gasteiger partial charge in [0.05, 0.1) is 23.3 Å². The second-order valence-electron chi connectivity index (χ2n) is 13.4. The standard InChI is InChI=1S/C37H50N6O6S/c1-6-27(4)35(43-19-18-41(37(43)46)24-31-22-38-17-16-28(31)5)36(45)40-33(20-29-10-8-7-9-11-29)34(44)25-42(23-26(2)3)50(48,49)32-14-12-30(13-15-32)21-39-47/h7-17,21-22,26-27,33-35,44,47H,6,18-20,23-25H2,1-5H3,(H,40,45)/t27-,33-,34-,35-/m0/s1. The molecule has 4 rings (SSSR count).